The van der Waals surface area contributed by atoms with Crippen molar-refractivity contribution in [2.45, 2.75) is 0 Å². The van der Waals surface area contributed by atoms with Crippen molar-refractivity contribution in [3.05, 3.63) is 0 Å². The smallest absolute Gasteiger partial charge is 0.0814 e. The molecule has 0 saturated carbocycles. The van der Waals surface area contributed by atoms with Crippen LogP contribution in [-0.4, -0.2) is 13.3 Å². The van der Waals surface area contributed by atoms with Crippen LogP contribution in [0.5, 0.6) is 0 Å². The molecule has 0 aromatic rings. The summed E-state index contributed by atoms with van der Waals surface area (Å²) in [5, 5.41) is 0. The van der Waals surface area contributed by atoms with Crippen molar-refractivity contribution in [2.24, 2.45) is 0 Å². The summed E-state index contributed by atoms with van der Waals surface area (Å²) in [4.78, 5) is 0. The number of hydrogen-bond donors (Lipinski definition) is 1. The van der Waals surface area contributed by atoms with E-state index in [9.17, 15) is 0 Å². The Hall–Kier alpha value is -0.930. The van der Waals surface area contributed by atoms with Crippen LogP contribution in [0.4, 0.5) is 0 Å². The molecule has 0 aromatic carbocycles. The summed E-state index contributed by atoms with van der Waals surface area (Å²) in [6, 6.07) is 0. The van der Waals surface area contributed by atoms with Crippen LogP contribution >= 0.6 is 0 Å². The molecule has 0 saturated heterocycles. The van der Waals surface area contributed by atoms with Gasteiger partial charge in [-0.1, -0.05) is 0 Å². The zero-order valence-electron chi connectivity index (χ0n) is 2.38. The summed E-state index contributed by atoms with van der Waals surface area (Å²) in [6.45, 7) is 0. The van der Waals surface area contributed by atoms with Crippen LogP contribution in [-0.2, 0) is 11.4 Å². The molecule has 0 aliphatic carbocycles. The van der Waals surface area contributed by atoms with E-state index in [-0.39, 0.29) is 0 Å². The molecule has 1 atom stereocenters. The average molecular weight is 348 g/mol. The third-order valence-electron chi connectivity index (χ3n) is 0. The molecule has 5 heavy (non-hydrogen) atoms. The molecule has 5 heteroatoms. The third-order valence-corrected chi connectivity index (χ3v) is 0. The Morgan fingerprint density at radius 2 is 1.80 bits per heavy atom. The van der Waals surface area contributed by atoms with Crippen LogP contribution in [0.15, 0.2) is 0 Å². The minimum Gasteiger partial charge on any atom is -0.750 e. The van der Waals surface area contributed by atoms with Crippen molar-refractivity contribution in [1.82, 2.24) is 0 Å². The molecule has 0 aromatic heterocycles. The predicted molar refractivity (Wildman–Crippen MR) is 11.5 cm³/mol. The first kappa shape index (κ1) is 8.95. The Labute approximate surface area is 25.8 Å². The summed E-state index contributed by atoms with van der Waals surface area (Å²) in [6.07, 6.45) is 0. The first-order valence-corrected chi connectivity index (χ1v) is 1.55. The van der Waals surface area contributed by atoms with Gasteiger partial charge in [0.1, 0.15) is 0 Å². The van der Waals surface area contributed by atoms with Gasteiger partial charge in [-0.2, -0.15) is 0 Å². The SMILES string of the molecule is O=S([O-])O.[Rf]. The summed E-state index contributed by atoms with van der Waals surface area (Å²) < 4.78 is 24.1. The summed E-state index contributed by atoms with van der Waals surface area (Å²) in [5.74, 6) is 0. The number of hydrogen-bond acceptors (Lipinski definition) is 2. The van der Waals surface area contributed by atoms with E-state index in [1.165, 1.54) is 0 Å². The van der Waals surface area contributed by atoms with Crippen LogP contribution in [0.1, 0.15) is 0 Å². The Kier molecular flexibility index (Phi) is 5.50. The largest absolute Gasteiger partial charge is 0.750 e. The number of rotatable bonds is 0. The quantitative estimate of drug-likeness (QED) is 0.592. The molecule has 0 fully saturated rings. The van der Waals surface area contributed by atoms with E-state index in [1.54, 1.807) is 0 Å². The molecular formula is HO3RfS-. The standard InChI is InChI=1S/H2O3S.Rf/c1-4(2)3;/h(H2,1,2,3);/p-1. The zero-order chi connectivity index (χ0) is 3.58. The van der Waals surface area contributed by atoms with E-state index >= 15 is 0 Å². The molecule has 0 aliphatic rings. The Morgan fingerprint density at radius 1 is 1.80 bits per heavy atom. The fourth-order valence-electron chi connectivity index (χ4n) is 0. The van der Waals surface area contributed by atoms with E-state index < -0.39 is 11.4 Å². The van der Waals surface area contributed by atoms with Gasteiger partial charge >= 0.3 is 0 Å². The molecule has 0 spiro atoms. The molecule has 1 N–H and O–H groups in total. The Bertz CT molecular complexity index is 29.9. The second kappa shape index (κ2) is 3.07. The Balaban J connectivity index is 0. The maximum absolute atomic E-state index is 8.56. The van der Waals surface area contributed by atoms with Gasteiger partial charge in [-0.15, -0.1) is 0 Å². The molecule has 0 radical (unpaired) electrons. The van der Waals surface area contributed by atoms with Crippen molar-refractivity contribution >= 4 is 11.4 Å². The van der Waals surface area contributed by atoms with Crippen LogP contribution in [0, 0.1) is 0 Å². The van der Waals surface area contributed by atoms with Gasteiger partial charge in [-0.25, -0.2) is 4.21 Å². The van der Waals surface area contributed by atoms with Gasteiger partial charge in [0, 0.05) is 0 Å². The molecular weight excluding hydrogens is 347 g/mol. The van der Waals surface area contributed by atoms with Gasteiger partial charge in [-0.05, 0) is 0 Å². The van der Waals surface area contributed by atoms with Gasteiger partial charge in [0.15, 0.2) is 0 Å². The monoisotopic (exact) mass is 348 g/mol. The van der Waals surface area contributed by atoms with Gasteiger partial charge in [0.25, 0.3) is 0 Å². The second-order valence-electron chi connectivity index (χ2n) is 0.217. The van der Waals surface area contributed by atoms with E-state index in [4.69, 9.17) is 13.3 Å². The van der Waals surface area contributed by atoms with Crippen molar-refractivity contribution in [2.75, 3.05) is 0 Å². The fourth-order valence-corrected chi connectivity index (χ4v) is 0. The van der Waals surface area contributed by atoms with E-state index in [0.717, 1.165) is 0 Å². The molecule has 3 nitrogen and oxygen atoms in total. The van der Waals surface area contributed by atoms with Crippen molar-refractivity contribution in [1.29, 1.82) is 0 Å². The average Bonchev–Trinajstić information content (AvgIpc) is 0.811. The van der Waals surface area contributed by atoms with Crippen LogP contribution in [0.2, 0.25) is 0 Å². The van der Waals surface area contributed by atoms with Crippen LogP contribution in [0.3, 0.4) is 0 Å². The zero-order valence-corrected chi connectivity index (χ0v) is 9.59. The maximum atomic E-state index is 8.56. The van der Waals surface area contributed by atoms with Crippen LogP contribution < -0.4 is 0 Å². The van der Waals surface area contributed by atoms with Gasteiger partial charge in [0.2, 0.25) is 0 Å². The molecule has 0 rings (SSSR count). The summed E-state index contributed by atoms with van der Waals surface area (Å²) in [7, 11) is 0. The van der Waals surface area contributed by atoms with Crippen molar-refractivity contribution in [3.8, 4) is 0 Å². The van der Waals surface area contributed by atoms with Gasteiger partial charge in [0.05, 0.1) is 11.4 Å². The van der Waals surface area contributed by atoms with Crippen molar-refractivity contribution in [3.63, 3.8) is 0 Å². The molecule has 0 amide bonds. The van der Waals surface area contributed by atoms with Gasteiger partial charge < -0.3 is 9.11 Å². The fraction of sp³-hybridized carbons (Fsp3) is 0. The van der Waals surface area contributed by atoms with E-state index in [0.29, 0.717) is 0 Å². The minimum absolute atomic E-state index is 0. The molecule has 0 heterocycles. The summed E-state index contributed by atoms with van der Waals surface area (Å²) >= 11 is -2.86. The van der Waals surface area contributed by atoms with E-state index in [1.807, 2.05) is 0 Å². The normalized spacial score (nSPS) is 12.4. The first-order valence-electron chi connectivity index (χ1n) is 0.516. The molecule has 0 aliphatic heterocycles. The summed E-state index contributed by atoms with van der Waals surface area (Å²) in [5.41, 5.74) is 0. The first-order chi connectivity index (χ1) is 1.73. The molecule has 28 valence electrons. The van der Waals surface area contributed by atoms with E-state index in [2.05, 4.69) is 0 Å². The minimum atomic E-state index is -2.86. The molecule has 1 unspecified atom stereocenters. The van der Waals surface area contributed by atoms with Crippen LogP contribution in [0.25, 0.3) is 0 Å². The topological polar surface area (TPSA) is 60.4 Å². The second-order valence-corrected chi connectivity index (χ2v) is 0.651. The Morgan fingerprint density at radius 3 is 1.80 bits per heavy atom. The maximum Gasteiger partial charge on any atom is 0.0814 e. The molecule has 0 bridgehead atoms. The third kappa shape index (κ3) is 4.06. The van der Waals surface area contributed by atoms with Crippen molar-refractivity contribution < 1.29 is 13.3 Å². The predicted octanol–water partition coefficient (Wildman–Crippen LogP) is -0.661. The van der Waals surface area contributed by atoms with Gasteiger partial charge in [-0.3, -0.25) is 0 Å².